The van der Waals surface area contributed by atoms with Gasteiger partial charge in [0.1, 0.15) is 5.60 Å². The number of amides is 1. The first-order chi connectivity index (χ1) is 13.5. The van der Waals surface area contributed by atoms with E-state index in [4.69, 9.17) is 9.73 Å². The van der Waals surface area contributed by atoms with Crippen molar-refractivity contribution in [3.63, 3.8) is 0 Å². The predicted molar refractivity (Wildman–Crippen MR) is 118 cm³/mol. The molecule has 166 valence electrons. The van der Waals surface area contributed by atoms with Gasteiger partial charge >= 0.3 is 6.09 Å². The average Bonchev–Trinajstić information content (AvgIpc) is 3.01. The smallest absolute Gasteiger partial charge is 0.407 e. The van der Waals surface area contributed by atoms with E-state index in [1.54, 1.807) is 4.68 Å². The van der Waals surface area contributed by atoms with Crippen molar-refractivity contribution < 1.29 is 9.53 Å². The number of aryl methyl sites for hydroxylation is 1. The third-order valence-electron chi connectivity index (χ3n) is 4.40. The van der Waals surface area contributed by atoms with Crippen molar-refractivity contribution in [3.05, 3.63) is 18.0 Å². The normalized spacial score (nSPS) is 13.3. The van der Waals surface area contributed by atoms with Crippen LogP contribution in [0.2, 0.25) is 0 Å². The first-order valence-corrected chi connectivity index (χ1v) is 10.5. The lowest BCUT2D eigenvalue weighted by Crippen LogP contribution is -2.45. The molecule has 0 saturated carbocycles. The Bertz CT molecular complexity index is 648. The van der Waals surface area contributed by atoms with Gasteiger partial charge in [-0.3, -0.25) is 9.67 Å². The number of nitrogens with zero attached hydrogens (tertiary/aromatic N) is 4. The summed E-state index contributed by atoms with van der Waals surface area (Å²) in [6.07, 6.45) is 5.19. The largest absolute Gasteiger partial charge is 0.444 e. The second-order valence-electron chi connectivity index (χ2n) is 8.71. The van der Waals surface area contributed by atoms with Gasteiger partial charge in [-0.2, -0.15) is 5.10 Å². The summed E-state index contributed by atoms with van der Waals surface area (Å²) in [5.41, 5.74) is 0.679. The summed E-state index contributed by atoms with van der Waals surface area (Å²) in [4.78, 5) is 19.0. The molecule has 29 heavy (non-hydrogen) atoms. The van der Waals surface area contributed by atoms with E-state index >= 15 is 0 Å². The molecule has 0 aromatic carbocycles. The van der Waals surface area contributed by atoms with Crippen LogP contribution in [0.1, 0.15) is 53.5 Å². The Kier molecular flexibility index (Phi) is 9.98. The maximum absolute atomic E-state index is 12.1. The van der Waals surface area contributed by atoms with Crippen molar-refractivity contribution in [3.8, 4) is 0 Å². The zero-order valence-corrected chi connectivity index (χ0v) is 19.5. The number of hydrogen-bond acceptors (Lipinski definition) is 4. The molecule has 1 heterocycles. The quantitative estimate of drug-likeness (QED) is 0.485. The summed E-state index contributed by atoms with van der Waals surface area (Å²) in [5, 5.41) is 10.5. The molecule has 1 aromatic heterocycles. The van der Waals surface area contributed by atoms with Gasteiger partial charge in [-0.25, -0.2) is 4.79 Å². The van der Waals surface area contributed by atoms with E-state index < -0.39 is 5.60 Å². The van der Waals surface area contributed by atoms with Gasteiger partial charge in [-0.1, -0.05) is 13.8 Å². The summed E-state index contributed by atoms with van der Waals surface area (Å²) >= 11 is 0. The van der Waals surface area contributed by atoms with Gasteiger partial charge < -0.3 is 20.3 Å². The van der Waals surface area contributed by atoms with Crippen molar-refractivity contribution in [1.82, 2.24) is 25.3 Å². The summed E-state index contributed by atoms with van der Waals surface area (Å²) in [5.74, 6) is 1.18. The summed E-state index contributed by atoms with van der Waals surface area (Å²) in [7, 11) is 3.94. The van der Waals surface area contributed by atoms with E-state index in [-0.39, 0.29) is 12.1 Å². The SMILES string of the molecule is CCNC(=NCCc1cnn(C)c1)N(C)CCC(NC(=O)OC(C)(C)C)C(C)C. The minimum atomic E-state index is -0.498. The van der Waals surface area contributed by atoms with Gasteiger partial charge in [0.2, 0.25) is 0 Å². The molecular formula is C21H40N6O2. The summed E-state index contributed by atoms with van der Waals surface area (Å²) < 4.78 is 7.21. The molecule has 1 unspecified atom stereocenters. The molecular weight excluding hydrogens is 368 g/mol. The molecule has 8 heteroatoms. The highest BCUT2D eigenvalue weighted by Crippen LogP contribution is 2.11. The van der Waals surface area contributed by atoms with Crippen molar-refractivity contribution in [2.75, 3.05) is 26.7 Å². The van der Waals surface area contributed by atoms with Gasteiger partial charge in [0, 0.05) is 46.0 Å². The minimum absolute atomic E-state index is 0.0329. The van der Waals surface area contributed by atoms with Crippen LogP contribution in [0.3, 0.4) is 0 Å². The molecule has 0 bridgehead atoms. The van der Waals surface area contributed by atoms with E-state index in [9.17, 15) is 4.79 Å². The summed E-state index contributed by atoms with van der Waals surface area (Å²) in [6, 6.07) is 0.0329. The van der Waals surface area contributed by atoms with E-state index in [0.29, 0.717) is 12.5 Å². The van der Waals surface area contributed by atoms with Crippen LogP contribution in [0.25, 0.3) is 0 Å². The van der Waals surface area contributed by atoms with Crippen molar-refractivity contribution >= 4 is 12.1 Å². The molecule has 1 atom stereocenters. The van der Waals surface area contributed by atoms with E-state index in [0.717, 1.165) is 31.9 Å². The Morgan fingerprint density at radius 2 is 2.07 bits per heavy atom. The number of alkyl carbamates (subject to hydrolysis) is 1. The zero-order valence-electron chi connectivity index (χ0n) is 19.5. The molecule has 1 aromatic rings. The standard InChI is InChI=1S/C21H40N6O2/c1-9-22-19(23-12-10-17-14-24-27(8)15-17)26(7)13-11-18(16(2)3)25-20(28)29-21(4,5)6/h14-16,18H,9-13H2,1-8H3,(H,22,23)(H,25,28). The topological polar surface area (TPSA) is 83.8 Å². The zero-order chi connectivity index (χ0) is 22.0. The van der Waals surface area contributed by atoms with Crippen LogP contribution in [-0.4, -0.2) is 65.1 Å². The number of carbonyl (C=O) groups excluding carboxylic acids is 1. The average molecular weight is 409 g/mol. The fourth-order valence-electron chi connectivity index (χ4n) is 2.83. The number of rotatable bonds is 9. The number of carbonyl (C=O) groups is 1. The monoisotopic (exact) mass is 408 g/mol. The molecule has 2 N–H and O–H groups in total. The fourth-order valence-corrected chi connectivity index (χ4v) is 2.83. The Morgan fingerprint density at radius 3 is 2.59 bits per heavy atom. The Labute approximate surface area is 176 Å². The molecule has 1 rings (SSSR count). The first kappa shape index (κ1) is 24.8. The van der Waals surface area contributed by atoms with Crippen molar-refractivity contribution in [2.45, 2.75) is 66.0 Å². The second kappa shape index (κ2) is 11.7. The van der Waals surface area contributed by atoms with Gasteiger partial charge in [0.05, 0.1) is 6.20 Å². The van der Waals surface area contributed by atoms with E-state index in [1.807, 2.05) is 47.3 Å². The Balaban J connectivity index is 2.60. The molecule has 1 amide bonds. The number of guanidine groups is 1. The number of hydrogen-bond donors (Lipinski definition) is 2. The summed E-state index contributed by atoms with van der Waals surface area (Å²) in [6.45, 7) is 14.2. The van der Waals surface area contributed by atoms with Crippen LogP contribution in [0, 0.1) is 5.92 Å². The van der Waals surface area contributed by atoms with Crippen LogP contribution in [0.4, 0.5) is 4.79 Å². The molecule has 0 spiro atoms. The van der Waals surface area contributed by atoms with Gasteiger partial charge in [-0.05, 0) is 52.0 Å². The minimum Gasteiger partial charge on any atom is -0.444 e. The number of nitrogens with one attached hydrogen (secondary N) is 2. The maximum Gasteiger partial charge on any atom is 0.407 e. The lowest BCUT2D eigenvalue weighted by atomic mass is 10.0. The highest BCUT2D eigenvalue weighted by Gasteiger charge is 2.22. The molecule has 8 nitrogen and oxygen atoms in total. The van der Waals surface area contributed by atoms with Crippen LogP contribution >= 0.6 is 0 Å². The van der Waals surface area contributed by atoms with E-state index in [1.165, 1.54) is 5.56 Å². The van der Waals surface area contributed by atoms with Crippen LogP contribution in [-0.2, 0) is 18.2 Å². The van der Waals surface area contributed by atoms with Crippen molar-refractivity contribution in [1.29, 1.82) is 0 Å². The Morgan fingerprint density at radius 1 is 1.38 bits per heavy atom. The number of aromatic nitrogens is 2. The third kappa shape index (κ3) is 10.2. The highest BCUT2D eigenvalue weighted by atomic mass is 16.6. The van der Waals surface area contributed by atoms with Gasteiger partial charge in [0.25, 0.3) is 0 Å². The first-order valence-electron chi connectivity index (χ1n) is 10.5. The highest BCUT2D eigenvalue weighted by molar-refractivity contribution is 5.79. The lowest BCUT2D eigenvalue weighted by molar-refractivity contribution is 0.0486. The van der Waals surface area contributed by atoms with Crippen LogP contribution < -0.4 is 10.6 Å². The molecule has 0 aliphatic rings. The Hall–Kier alpha value is -2.25. The maximum atomic E-state index is 12.1. The van der Waals surface area contributed by atoms with Crippen molar-refractivity contribution in [2.24, 2.45) is 18.0 Å². The number of ether oxygens (including phenoxy) is 1. The van der Waals surface area contributed by atoms with E-state index in [2.05, 4.69) is 41.4 Å². The predicted octanol–water partition coefficient (Wildman–Crippen LogP) is 2.80. The number of aliphatic imine (C=N–C) groups is 1. The van der Waals surface area contributed by atoms with Crippen LogP contribution in [0.15, 0.2) is 17.4 Å². The molecule has 0 fully saturated rings. The second-order valence-corrected chi connectivity index (χ2v) is 8.71. The molecule has 0 aliphatic carbocycles. The van der Waals surface area contributed by atoms with Crippen LogP contribution in [0.5, 0.6) is 0 Å². The van der Waals surface area contributed by atoms with Gasteiger partial charge in [-0.15, -0.1) is 0 Å². The fraction of sp³-hybridized carbons (Fsp3) is 0.762. The molecule has 0 aliphatic heterocycles. The molecule has 0 radical (unpaired) electrons. The molecule has 0 saturated heterocycles. The van der Waals surface area contributed by atoms with Gasteiger partial charge in [0.15, 0.2) is 5.96 Å². The lowest BCUT2D eigenvalue weighted by Gasteiger charge is -2.28. The third-order valence-corrected chi connectivity index (χ3v) is 4.40.